The largest absolute Gasteiger partial charge is 0.316 e. The number of aromatic nitrogens is 3. The Bertz CT molecular complexity index is 1570. The maximum Gasteiger partial charge on any atom is 0.297 e. The van der Waals surface area contributed by atoms with E-state index in [0.717, 1.165) is 40.4 Å². The van der Waals surface area contributed by atoms with Crippen LogP contribution in [-0.2, 0) is 13.6 Å². The molecule has 0 radical (unpaired) electrons. The van der Waals surface area contributed by atoms with Gasteiger partial charge in [-0.05, 0) is 42.2 Å². The summed E-state index contributed by atoms with van der Waals surface area (Å²) in [7, 11) is 1.90. The molecule has 0 atom stereocenters. The van der Waals surface area contributed by atoms with E-state index in [9.17, 15) is 4.79 Å². The van der Waals surface area contributed by atoms with Gasteiger partial charge in [-0.25, -0.2) is 9.67 Å². The zero-order valence-corrected chi connectivity index (χ0v) is 21.0. The lowest BCUT2D eigenvalue weighted by Crippen LogP contribution is -2.20. The third kappa shape index (κ3) is 4.33. The first-order valence-electron chi connectivity index (χ1n) is 11.8. The van der Waals surface area contributed by atoms with Gasteiger partial charge in [0.2, 0.25) is 0 Å². The van der Waals surface area contributed by atoms with Gasteiger partial charge in [0.25, 0.3) is 5.56 Å². The molecule has 5 aromatic rings. The standard InChI is InChI=1S/C29H28N4OS/c1-4-19-32-26(24-17-15-23(16-18-24)22-11-7-5-8-12-22)20-35-29(32)30-27-21(2)31(3)33(28(27)34)25-13-9-6-10-14-25/h5-18,20H,4,19H2,1-3H3. The van der Waals surface area contributed by atoms with Crippen LogP contribution in [0.2, 0.25) is 0 Å². The summed E-state index contributed by atoms with van der Waals surface area (Å²) in [5.74, 6) is 0. The number of hydrogen-bond acceptors (Lipinski definition) is 3. The molecular weight excluding hydrogens is 452 g/mol. The predicted molar refractivity (Wildman–Crippen MR) is 144 cm³/mol. The Morgan fingerprint density at radius 1 is 0.829 bits per heavy atom. The van der Waals surface area contributed by atoms with Gasteiger partial charge < -0.3 is 4.57 Å². The van der Waals surface area contributed by atoms with Gasteiger partial charge >= 0.3 is 0 Å². The number of thiazole rings is 1. The average molecular weight is 481 g/mol. The minimum Gasteiger partial charge on any atom is -0.316 e. The highest BCUT2D eigenvalue weighted by Gasteiger charge is 2.16. The number of nitrogens with zero attached hydrogens (tertiary/aromatic N) is 4. The van der Waals surface area contributed by atoms with Crippen LogP contribution in [0.25, 0.3) is 28.1 Å². The van der Waals surface area contributed by atoms with Crippen LogP contribution in [0.4, 0.5) is 5.69 Å². The molecule has 5 rings (SSSR count). The van der Waals surface area contributed by atoms with E-state index in [0.29, 0.717) is 5.69 Å². The second kappa shape index (κ2) is 9.76. The number of benzene rings is 3. The highest BCUT2D eigenvalue weighted by Crippen LogP contribution is 2.26. The predicted octanol–water partition coefficient (Wildman–Crippen LogP) is 6.32. The van der Waals surface area contributed by atoms with E-state index in [1.54, 1.807) is 16.0 Å². The highest BCUT2D eigenvalue weighted by molar-refractivity contribution is 7.07. The molecule has 0 saturated carbocycles. The zero-order chi connectivity index (χ0) is 24.4. The van der Waals surface area contributed by atoms with Crippen molar-refractivity contribution >= 4 is 17.0 Å². The van der Waals surface area contributed by atoms with Crippen LogP contribution in [-0.4, -0.2) is 13.9 Å². The minimum atomic E-state index is -0.110. The first kappa shape index (κ1) is 22.9. The fourth-order valence-electron chi connectivity index (χ4n) is 4.33. The Labute approximate surface area is 208 Å². The summed E-state index contributed by atoms with van der Waals surface area (Å²) in [5, 5.41) is 2.14. The van der Waals surface area contributed by atoms with Crippen molar-refractivity contribution in [1.29, 1.82) is 0 Å². The molecule has 5 nitrogen and oxygen atoms in total. The summed E-state index contributed by atoms with van der Waals surface area (Å²) in [5.41, 5.74) is 6.69. The SMILES string of the molecule is CCCn1c(-c2ccc(-c3ccccc3)cc2)csc1=Nc1c(C)n(C)n(-c2ccccc2)c1=O. The van der Waals surface area contributed by atoms with Crippen molar-refractivity contribution in [1.82, 2.24) is 13.9 Å². The normalized spacial score (nSPS) is 11.8. The molecule has 3 aromatic carbocycles. The number of rotatable bonds is 6. The summed E-state index contributed by atoms with van der Waals surface area (Å²) in [4.78, 5) is 19.1. The Morgan fingerprint density at radius 2 is 1.43 bits per heavy atom. The lowest BCUT2D eigenvalue weighted by molar-refractivity contribution is 0.630. The summed E-state index contributed by atoms with van der Waals surface area (Å²) in [6.45, 7) is 4.93. The lowest BCUT2D eigenvalue weighted by Gasteiger charge is -2.09. The van der Waals surface area contributed by atoms with Crippen LogP contribution in [0.1, 0.15) is 19.0 Å². The second-order valence-electron chi connectivity index (χ2n) is 8.52. The molecule has 0 aliphatic rings. The second-order valence-corrected chi connectivity index (χ2v) is 9.36. The van der Waals surface area contributed by atoms with E-state index in [1.165, 1.54) is 11.1 Å². The number of hydrogen-bond donors (Lipinski definition) is 0. The molecule has 0 N–H and O–H groups in total. The van der Waals surface area contributed by atoms with Crippen molar-refractivity contribution in [2.24, 2.45) is 12.0 Å². The molecule has 6 heteroatoms. The maximum absolute atomic E-state index is 13.4. The van der Waals surface area contributed by atoms with E-state index < -0.39 is 0 Å². The van der Waals surface area contributed by atoms with Crippen LogP contribution in [0.15, 0.2) is 100 Å². The van der Waals surface area contributed by atoms with E-state index in [-0.39, 0.29) is 5.56 Å². The Hall–Kier alpha value is -3.90. The monoisotopic (exact) mass is 480 g/mol. The molecule has 0 saturated heterocycles. The third-order valence-corrected chi connectivity index (χ3v) is 7.13. The van der Waals surface area contributed by atoms with E-state index in [1.807, 2.05) is 55.1 Å². The van der Waals surface area contributed by atoms with Crippen LogP contribution < -0.4 is 10.4 Å². The summed E-state index contributed by atoms with van der Waals surface area (Å²) in [6.07, 6.45) is 0.973. The van der Waals surface area contributed by atoms with Crippen LogP contribution in [0.3, 0.4) is 0 Å². The van der Waals surface area contributed by atoms with Crippen molar-refractivity contribution in [2.75, 3.05) is 0 Å². The Morgan fingerprint density at radius 3 is 2.09 bits per heavy atom. The average Bonchev–Trinajstić information content (AvgIpc) is 3.39. The van der Waals surface area contributed by atoms with Gasteiger partial charge in [-0.3, -0.25) is 9.48 Å². The summed E-state index contributed by atoms with van der Waals surface area (Å²) < 4.78 is 5.77. The maximum atomic E-state index is 13.4. The van der Waals surface area contributed by atoms with Gasteiger partial charge in [-0.1, -0.05) is 79.7 Å². The molecule has 2 heterocycles. The topological polar surface area (TPSA) is 44.2 Å². The molecule has 0 fully saturated rings. The Balaban J connectivity index is 1.59. The first-order chi connectivity index (χ1) is 17.1. The van der Waals surface area contributed by atoms with E-state index in [2.05, 4.69) is 65.4 Å². The fourth-order valence-corrected chi connectivity index (χ4v) is 5.27. The Kier molecular flexibility index (Phi) is 6.38. The molecule has 0 aliphatic heterocycles. The van der Waals surface area contributed by atoms with Crippen LogP contribution in [0, 0.1) is 6.92 Å². The first-order valence-corrected chi connectivity index (χ1v) is 12.7. The van der Waals surface area contributed by atoms with Gasteiger partial charge in [0.1, 0.15) is 0 Å². The molecule has 35 heavy (non-hydrogen) atoms. The third-order valence-electron chi connectivity index (χ3n) is 6.26. The van der Waals surface area contributed by atoms with Gasteiger partial charge in [0.05, 0.1) is 17.1 Å². The van der Waals surface area contributed by atoms with Gasteiger partial charge in [-0.2, -0.15) is 0 Å². The molecule has 0 bridgehead atoms. The van der Waals surface area contributed by atoms with E-state index in [4.69, 9.17) is 4.99 Å². The molecule has 0 amide bonds. The molecule has 0 aliphatic carbocycles. The molecule has 0 unspecified atom stereocenters. The van der Waals surface area contributed by atoms with Crippen molar-refractivity contribution in [2.45, 2.75) is 26.8 Å². The zero-order valence-electron chi connectivity index (χ0n) is 20.2. The van der Waals surface area contributed by atoms with Crippen LogP contribution >= 0.6 is 11.3 Å². The van der Waals surface area contributed by atoms with Gasteiger partial charge in [0.15, 0.2) is 10.5 Å². The van der Waals surface area contributed by atoms with Crippen LogP contribution in [0.5, 0.6) is 0 Å². The summed E-state index contributed by atoms with van der Waals surface area (Å²) >= 11 is 1.57. The van der Waals surface area contributed by atoms with Crippen molar-refractivity contribution in [3.05, 3.63) is 111 Å². The van der Waals surface area contributed by atoms with Gasteiger partial charge in [0, 0.05) is 19.0 Å². The minimum absolute atomic E-state index is 0.110. The fraction of sp³-hybridized carbons (Fsp3) is 0.172. The quantitative estimate of drug-likeness (QED) is 0.280. The molecule has 2 aromatic heterocycles. The number of para-hydroxylation sites is 1. The van der Waals surface area contributed by atoms with Crippen molar-refractivity contribution < 1.29 is 0 Å². The van der Waals surface area contributed by atoms with Gasteiger partial charge in [-0.15, -0.1) is 11.3 Å². The van der Waals surface area contributed by atoms with Crippen molar-refractivity contribution in [3.8, 4) is 28.1 Å². The molecular formula is C29H28N4OS. The summed E-state index contributed by atoms with van der Waals surface area (Å²) in [6, 6.07) is 28.7. The lowest BCUT2D eigenvalue weighted by atomic mass is 10.0. The van der Waals surface area contributed by atoms with E-state index >= 15 is 0 Å². The smallest absolute Gasteiger partial charge is 0.297 e. The molecule has 176 valence electrons. The highest BCUT2D eigenvalue weighted by atomic mass is 32.1. The molecule has 0 spiro atoms. The van der Waals surface area contributed by atoms with Crippen molar-refractivity contribution in [3.63, 3.8) is 0 Å².